The Hall–Kier alpha value is -3.67. The fourth-order valence-corrected chi connectivity index (χ4v) is 3.60. The number of fused-ring (bicyclic) bond motifs is 1. The molecule has 0 fully saturated rings. The zero-order chi connectivity index (χ0) is 22.0. The molecule has 1 N–H and O–H groups in total. The fourth-order valence-electron chi connectivity index (χ4n) is 3.60. The number of aromatic nitrogens is 3. The molecule has 0 bridgehead atoms. The van der Waals surface area contributed by atoms with Crippen molar-refractivity contribution in [1.29, 1.82) is 0 Å². The molecule has 6 heteroatoms. The number of carbonyl (C=O) groups is 1. The van der Waals surface area contributed by atoms with E-state index in [2.05, 4.69) is 15.4 Å². The summed E-state index contributed by atoms with van der Waals surface area (Å²) in [6.07, 6.45) is -0.687. The number of aryl methyl sites for hydroxylation is 3. The molecule has 6 nitrogen and oxygen atoms in total. The second-order valence-electron chi connectivity index (χ2n) is 7.75. The number of amides is 1. The molecule has 4 aromatic rings. The van der Waals surface area contributed by atoms with E-state index in [0.29, 0.717) is 12.4 Å². The van der Waals surface area contributed by atoms with Gasteiger partial charge in [-0.25, -0.2) is 0 Å². The van der Waals surface area contributed by atoms with Crippen LogP contribution in [0.2, 0.25) is 0 Å². The van der Waals surface area contributed by atoms with Crippen LogP contribution in [0.5, 0.6) is 5.88 Å². The Labute approximate surface area is 181 Å². The smallest absolute Gasteiger partial charge is 0.261 e. The van der Waals surface area contributed by atoms with E-state index in [4.69, 9.17) is 4.74 Å². The molecule has 0 aliphatic heterocycles. The Bertz CT molecular complexity index is 1210. The van der Waals surface area contributed by atoms with Crippen molar-refractivity contribution in [2.45, 2.75) is 33.4 Å². The number of pyridine rings is 1. The van der Waals surface area contributed by atoms with Crippen molar-refractivity contribution in [3.63, 3.8) is 0 Å². The summed E-state index contributed by atoms with van der Waals surface area (Å²) >= 11 is 0. The van der Waals surface area contributed by atoms with E-state index in [0.717, 1.165) is 33.4 Å². The van der Waals surface area contributed by atoms with Crippen LogP contribution in [0.3, 0.4) is 0 Å². The number of nitrogens with zero attached hydrogens (tertiary/aromatic N) is 3. The van der Waals surface area contributed by atoms with Crippen LogP contribution in [0.15, 0.2) is 60.7 Å². The Kier molecular flexibility index (Phi) is 5.71. The third kappa shape index (κ3) is 4.43. The maximum Gasteiger partial charge on any atom is 0.261 e. The van der Waals surface area contributed by atoms with Crippen LogP contribution in [0.4, 0.5) is 0 Å². The molecule has 0 aliphatic carbocycles. The molecule has 4 rings (SSSR count). The van der Waals surface area contributed by atoms with Gasteiger partial charge in [0.15, 0.2) is 11.8 Å². The second-order valence-corrected chi connectivity index (χ2v) is 7.75. The molecule has 2 aromatic heterocycles. The van der Waals surface area contributed by atoms with Crippen LogP contribution in [-0.2, 0) is 18.4 Å². The van der Waals surface area contributed by atoms with Crippen LogP contribution in [0.25, 0.3) is 22.2 Å². The van der Waals surface area contributed by atoms with Gasteiger partial charge in [-0.05, 0) is 37.5 Å². The van der Waals surface area contributed by atoms with Gasteiger partial charge in [-0.15, -0.1) is 0 Å². The van der Waals surface area contributed by atoms with E-state index in [9.17, 15) is 4.79 Å². The van der Waals surface area contributed by atoms with Crippen LogP contribution in [0.1, 0.15) is 23.7 Å². The highest BCUT2D eigenvalue weighted by molar-refractivity contribution is 5.95. The molecular formula is C25H26N4O2. The maximum atomic E-state index is 12.6. The molecule has 1 amide bonds. The van der Waals surface area contributed by atoms with Gasteiger partial charge >= 0.3 is 0 Å². The molecule has 2 aromatic carbocycles. The first-order chi connectivity index (χ1) is 14.9. The normalized spacial score (nSPS) is 12.0. The standard InChI is InChI=1S/C25H26N4O2/c1-16-10-12-19(13-11-16)15-26-25(30)18(3)31-22-14-21(20-8-6-5-7-9-20)23-17(2)28-29(4)24(23)27-22/h5-14,18H,15H2,1-4H3,(H,26,30)/t18-/m1/s1. The lowest BCUT2D eigenvalue weighted by Gasteiger charge is -2.15. The summed E-state index contributed by atoms with van der Waals surface area (Å²) in [5.74, 6) is 0.206. The minimum atomic E-state index is -0.687. The summed E-state index contributed by atoms with van der Waals surface area (Å²) in [5, 5.41) is 8.43. The molecule has 0 saturated carbocycles. The van der Waals surface area contributed by atoms with Crippen LogP contribution in [-0.4, -0.2) is 26.8 Å². The second kappa shape index (κ2) is 8.60. The Morgan fingerprint density at radius 2 is 1.81 bits per heavy atom. The highest BCUT2D eigenvalue weighted by Crippen LogP contribution is 2.33. The van der Waals surface area contributed by atoms with Crippen LogP contribution in [0, 0.1) is 13.8 Å². The van der Waals surface area contributed by atoms with Gasteiger partial charge in [-0.2, -0.15) is 10.1 Å². The molecule has 1 atom stereocenters. The largest absolute Gasteiger partial charge is 0.464 e. The highest BCUT2D eigenvalue weighted by atomic mass is 16.5. The van der Waals surface area contributed by atoms with Crippen molar-refractivity contribution in [3.8, 4) is 17.0 Å². The number of hydrogen-bond donors (Lipinski definition) is 1. The average Bonchev–Trinajstić information content (AvgIpc) is 3.06. The summed E-state index contributed by atoms with van der Waals surface area (Å²) in [7, 11) is 1.86. The number of carbonyl (C=O) groups excluding carboxylic acids is 1. The number of rotatable bonds is 6. The molecule has 0 unspecified atom stereocenters. The molecule has 0 aliphatic rings. The SMILES string of the molecule is Cc1ccc(CNC(=O)[C@@H](C)Oc2cc(-c3ccccc3)c3c(C)nn(C)c3n2)cc1. The summed E-state index contributed by atoms with van der Waals surface area (Å²) in [4.78, 5) is 17.2. The van der Waals surface area contributed by atoms with E-state index in [1.54, 1.807) is 11.6 Å². The van der Waals surface area contributed by atoms with Crippen molar-refractivity contribution in [1.82, 2.24) is 20.1 Å². The number of benzene rings is 2. The lowest BCUT2D eigenvalue weighted by atomic mass is 10.0. The van der Waals surface area contributed by atoms with Crippen molar-refractivity contribution in [2.75, 3.05) is 0 Å². The van der Waals surface area contributed by atoms with Gasteiger partial charge in [0, 0.05) is 19.7 Å². The first-order valence-electron chi connectivity index (χ1n) is 10.3. The first-order valence-corrected chi connectivity index (χ1v) is 10.3. The lowest BCUT2D eigenvalue weighted by Crippen LogP contribution is -2.36. The zero-order valence-corrected chi connectivity index (χ0v) is 18.2. The van der Waals surface area contributed by atoms with Crippen LogP contribution >= 0.6 is 0 Å². The van der Waals surface area contributed by atoms with Gasteiger partial charge < -0.3 is 10.1 Å². The number of nitrogens with one attached hydrogen (secondary N) is 1. The van der Waals surface area contributed by atoms with E-state index >= 15 is 0 Å². The summed E-state index contributed by atoms with van der Waals surface area (Å²) in [5.41, 5.74) is 5.89. The Morgan fingerprint density at radius 3 is 2.52 bits per heavy atom. The molecule has 0 spiro atoms. The van der Waals surface area contributed by atoms with Crippen molar-refractivity contribution < 1.29 is 9.53 Å². The predicted octanol–water partition coefficient (Wildman–Crippen LogP) is 4.34. The van der Waals surface area contributed by atoms with E-state index in [-0.39, 0.29) is 5.91 Å². The van der Waals surface area contributed by atoms with Crippen LogP contribution < -0.4 is 10.1 Å². The molecule has 2 heterocycles. The fraction of sp³-hybridized carbons (Fsp3) is 0.240. The summed E-state index contributed by atoms with van der Waals surface area (Å²) < 4.78 is 7.70. The molecule has 31 heavy (non-hydrogen) atoms. The number of ether oxygens (including phenoxy) is 1. The van der Waals surface area contributed by atoms with Crippen molar-refractivity contribution >= 4 is 16.9 Å². The van der Waals surface area contributed by atoms with Crippen molar-refractivity contribution in [2.24, 2.45) is 7.05 Å². The van der Waals surface area contributed by atoms with E-state index in [1.807, 2.05) is 81.6 Å². The minimum Gasteiger partial charge on any atom is -0.464 e. The van der Waals surface area contributed by atoms with Gasteiger partial charge in [-0.1, -0.05) is 60.2 Å². The van der Waals surface area contributed by atoms with Crippen molar-refractivity contribution in [3.05, 3.63) is 77.5 Å². The van der Waals surface area contributed by atoms with Gasteiger partial charge in [0.05, 0.1) is 11.1 Å². The molecular weight excluding hydrogens is 388 g/mol. The van der Waals surface area contributed by atoms with Gasteiger partial charge in [0.25, 0.3) is 5.91 Å². The molecule has 0 radical (unpaired) electrons. The zero-order valence-electron chi connectivity index (χ0n) is 18.2. The monoisotopic (exact) mass is 414 g/mol. The van der Waals surface area contributed by atoms with Gasteiger partial charge in [-0.3, -0.25) is 9.48 Å². The average molecular weight is 415 g/mol. The predicted molar refractivity (Wildman–Crippen MR) is 122 cm³/mol. The molecule has 0 saturated heterocycles. The maximum absolute atomic E-state index is 12.6. The van der Waals surface area contributed by atoms with E-state index < -0.39 is 6.10 Å². The van der Waals surface area contributed by atoms with E-state index in [1.165, 1.54) is 5.56 Å². The first kappa shape index (κ1) is 20.6. The lowest BCUT2D eigenvalue weighted by molar-refractivity contribution is -0.127. The third-order valence-corrected chi connectivity index (χ3v) is 5.28. The molecule has 158 valence electrons. The Morgan fingerprint density at radius 1 is 1.10 bits per heavy atom. The summed E-state index contributed by atoms with van der Waals surface area (Å²) in [6.45, 7) is 6.19. The van der Waals surface area contributed by atoms with Gasteiger partial charge in [0.1, 0.15) is 0 Å². The number of hydrogen-bond acceptors (Lipinski definition) is 4. The topological polar surface area (TPSA) is 69.0 Å². The third-order valence-electron chi connectivity index (χ3n) is 5.28. The quantitative estimate of drug-likeness (QED) is 0.510. The summed E-state index contributed by atoms with van der Waals surface area (Å²) in [6, 6.07) is 20.0. The van der Waals surface area contributed by atoms with Gasteiger partial charge in [0.2, 0.25) is 5.88 Å². The highest BCUT2D eigenvalue weighted by Gasteiger charge is 2.19. The Balaban J connectivity index is 1.57. The minimum absolute atomic E-state index is 0.190.